The van der Waals surface area contributed by atoms with Crippen molar-refractivity contribution in [2.75, 3.05) is 6.61 Å². The fourth-order valence-corrected chi connectivity index (χ4v) is 2.19. The zero-order chi connectivity index (χ0) is 8.48. The third kappa shape index (κ3) is 2.02. The maximum absolute atomic E-state index is 8.92. The van der Waals surface area contributed by atoms with Crippen LogP contribution in [0.1, 0.15) is 11.8 Å². The van der Waals surface area contributed by atoms with E-state index in [1.165, 1.54) is 0 Å². The second-order valence-electron chi connectivity index (χ2n) is 2.70. The van der Waals surface area contributed by atoms with Crippen LogP contribution in [0.25, 0.3) is 0 Å². The molecule has 0 radical (unpaired) electrons. The molecule has 62 valence electrons. The molecule has 11 heavy (non-hydrogen) atoms. The molecule has 1 rings (SSSR count). The second-order valence-corrected chi connectivity index (χ2v) is 4.53. The second kappa shape index (κ2) is 3.23. The van der Waals surface area contributed by atoms with Gasteiger partial charge in [-0.05, 0) is 28.9 Å². The number of rotatable bonds is 2. The minimum Gasteiger partial charge on any atom is -0.394 e. The largest absolute Gasteiger partial charge is 0.394 e. The number of hydrogen-bond acceptors (Lipinski definition) is 3. The van der Waals surface area contributed by atoms with E-state index < -0.39 is 5.54 Å². The third-order valence-electron chi connectivity index (χ3n) is 1.46. The van der Waals surface area contributed by atoms with Crippen molar-refractivity contribution in [2.45, 2.75) is 12.5 Å². The molecule has 4 heteroatoms. The molecule has 0 aliphatic rings. The predicted molar refractivity (Wildman–Crippen MR) is 50.6 cm³/mol. The van der Waals surface area contributed by atoms with Gasteiger partial charge in [-0.1, -0.05) is 0 Å². The molecule has 0 spiro atoms. The van der Waals surface area contributed by atoms with Gasteiger partial charge in [0.25, 0.3) is 0 Å². The highest BCUT2D eigenvalue weighted by Gasteiger charge is 2.21. The van der Waals surface area contributed by atoms with E-state index in [9.17, 15) is 0 Å². The molecular weight excluding hydrogens is 226 g/mol. The highest BCUT2D eigenvalue weighted by Crippen LogP contribution is 2.27. The van der Waals surface area contributed by atoms with Gasteiger partial charge >= 0.3 is 0 Å². The fourth-order valence-electron chi connectivity index (χ4n) is 0.690. The van der Waals surface area contributed by atoms with Gasteiger partial charge in [0.15, 0.2) is 0 Å². The summed E-state index contributed by atoms with van der Waals surface area (Å²) in [5, 5.41) is 10.9. The molecule has 0 aromatic carbocycles. The Morgan fingerprint density at radius 2 is 2.45 bits per heavy atom. The molecule has 1 aromatic rings. The van der Waals surface area contributed by atoms with Crippen LogP contribution in [-0.4, -0.2) is 11.7 Å². The summed E-state index contributed by atoms with van der Waals surface area (Å²) in [5.41, 5.74) is 5.19. The summed E-state index contributed by atoms with van der Waals surface area (Å²) < 4.78 is 1.02. The van der Waals surface area contributed by atoms with Gasteiger partial charge in [0.2, 0.25) is 0 Å². The first-order valence-electron chi connectivity index (χ1n) is 3.20. The number of aliphatic hydroxyl groups excluding tert-OH is 1. The highest BCUT2D eigenvalue weighted by molar-refractivity contribution is 9.10. The Kier molecular flexibility index (Phi) is 2.70. The van der Waals surface area contributed by atoms with Gasteiger partial charge in [-0.3, -0.25) is 0 Å². The normalized spacial score (nSPS) is 16.4. The lowest BCUT2D eigenvalue weighted by Crippen LogP contribution is -2.35. The van der Waals surface area contributed by atoms with Crippen molar-refractivity contribution in [1.29, 1.82) is 0 Å². The predicted octanol–water partition coefficient (Wildman–Crippen LogP) is 1.68. The molecule has 0 saturated heterocycles. The fraction of sp³-hybridized carbons (Fsp3) is 0.429. The number of thiophene rings is 1. The van der Waals surface area contributed by atoms with Crippen LogP contribution in [0, 0.1) is 0 Å². The third-order valence-corrected chi connectivity index (χ3v) is 3.43. The summed E-state index contributed by atoms with van der Waals surface area (Å²) in [6.07, 6.45) is 0. The van der Waals surface area contributed by atoms with Gasteiger partial charge in [-0.25, -0.2) is 0 Å². The number of nitrogens with two attached hydrogens (primary N) is 1. The molecule has 0 fully saturated rings. The molecule has 0 aliphatic heterocycles. The molecule has 3 N–H and O–H groups in total. The molecule has 0 saturated carbocycles. The van der Waals surface area contributed by atoms with Crippen LogP contribution in [0.2, 0.25) is 0 Å². The summed E-state index contributed by atoms with van der Waals surface area (Å²) in [5.74, 6) is 0. The van der Waals surface area contributed by atoms with E-state index in [1.807, 2.05) is 18.4 Å². The van der Waals surface area contributed by atoms with Crippen LogP contribution >= 0.6 is 27.3 Å². The number of halogens is 1. The topological polar surface area (TPSA) is 46.2 Å². The van der Waals surface area contributed by atoms with Gasteiger partial charge in [-0.15, -0.1) is 11.3 Å². The molecule has 0 aliphatic carbocycles. The van der Waals surface area contributed by atoms with Crippen molar-refractivity contribution in [3.05, 3.63) is 20.8 Å². The van der Waals surface area contributed by atoms with E-state index in [0.717, 1.165) is 9.35 Å². The Hall–Kier alpha value is 0.1000. The minimum absolute atomic E-state index is 0.0278. The average molecular weight is 236 g/mol. The SMILES string of the molecule is CC(N)(CO)c1cc(Br)cs1. The maximum atomic E-state index is 8.92. The number of hydrogen-bond donors (Lipinski definition) is 2. The van der Waals surface area contributed by atoms with E-state index in [-0.39, 0.29) is 6.61 Å². The van der Waals surface area contributed by atoms with Crippen molar-refractivity contribution in [3.8, 4) is 0 Å². The Labute approximate surface area is 78.2 Å². The zero-order valence-corrected chi connectivity index (χ0v) is 8.58. The minimum atomic E-state index is -0.601. The summed E-state index contributed by atoms with van der Waals surface area (Å²) >= 11 is 4.88. The van der Waals surface area contributed by atoms with E-state index >= 15 is 0 Å². The average Bonchev–Trinajstić information content (AvgIpc) is 2.36. The molecule has 0 bridgehead atoms. The van der Waals surface area contributed by atoms with Gasteiger partial charge in [-0.2, -0.15) is 0 Å². The van der Waals surface area contributed by atoms with Crippen molar-refractivity contribution in [3.63, 3.8) is 0 Å². The first-order valence-corrected chi connectivity index (χ1v) is 4.88. The van der Waals surface area contributed by atoms with Crippen LogP contribution in [0.4, 0.5) is 0 Å². The summed E-state index contributed by atoms with van der Waals surface area (Å²) in [4.78, 5) is 0.992. The van der Waals surface area contributed by atoms with E-state index in [0.29, 0.717) is 0 Å². The Morgan fingerprint density at radius 1 is 1.82 bits per heavy atom. The van der Waals surface area contributed by atoms with Crippen LogP contribution in [0.5, 0.6) is 0 Å². The van der Waals surface area contributed by atoms with Crippen molar-refractivity contribution in [2.24, 2.45) is 5.73 Å². The van der Waals surface area contributed by atoms with Crippen molar-refractivity contribution in [1.82, 2.24) is 0 Å². The lowest BCUT2D eigenvalue weighted by atomic mass is 10.0. The molecule has 0 amide bonds. The summed E-state index contributed by atoms with van der Waals surface area (Å²) in [6, 6.07) is 1.93. The number of aliphatic hydroxyl groups is 1. The van der Waals surface area contributed by atoms with Crippen LogP contribution < -0.4 is 5.73 Å². The lowest BCUT2D eigenvalue weighted by Gasteiger charge is -2.19. The van der Waals surface area contributed by atoms with Crippen LogP contribution in [-0.2, 0) is 5.54 Å². The standard InChI is InChI=1S/C7H10BrNOS/c1-7(9,4-10)6-2-5(8)3-11-6/h2-3,10H,4,9H2,1H3. The van der Waals surface area contributed by atoms with Crippen molar-refractivity contribution < 1.29 is 5.11 Å². The lowest BCUT2D eigenvalue weighted by molar-refractivity contribution is 0.212. The van der Waals surface area contributed by atoms with E-state index in [2.05, 4.69) is 15.9 Å². The first-order chi connectivity index (χ1) is 5.06. The maximum Gasteiger partial charge on any atom is 0.0709 e. The zero-order valence-electron chi connectivity index (χ0n) is 6.17. The van der Waals surface area contributed by atoms with Crippen LogP contribution in [0.3, 0.4) is 0 Å². The molecule has 1 heterocycles. The molecule has 1 unspecified atom stereocenters. The van der Waals surface area contributed by atoms with Gasteiger partial charge in [0.1, 0.15) is 0 Å². The summed E-state index contributed by atoms with van der Waals surface area (Å²) in [6.45, 7) is 1.78. The molecule has 1 atom stereocenters. The van der Waals surface area contributed by atoms with Gasteiger partial charge in [0.05, 0.1) is 12.1 Å². The van der Waals surface area contributed by atoms with E-state index in [1.54, 1.807) is 11.3 Å². The Balaban J connectivity index is 2.92. The van der Waals surface area contributed by atoms with E-state index in [4.69, 9.17) is 10.8 Å². The molecule has 2 nitrogen and oxygen atoms in total. The van der Waals surface area contributed by atoms with Crippen LogP contribution in [0.15, 0.2) is 15.9 Å². The van der Waals surface area contributed by atoms with Gasteiger partial charge in [0, 0.05) is 14.7 Å². The Morgan fingerprint density at radius 3 is 2.82 bits per heavy atom. The summed E-state index contributed by atoms with van der Waals surface area (Å²) in [7, 11) is 0. The first kappa shape index (κ1) is 9.19. The smallest absolute Gasteiger partial charge is 0.0709 e. The molecule has 1 aromatic heterocycles. The van der Waals surface area contributed by atoms with Crippen molar-refractivity contribution >= 4 is 27.3 Å². The monoisotopic (exact) mass is 235 g/mol. The highest BCUT2D eigenvalue weighted by atomic mass is 79.9. The van der Waals surface area contributed by atoms with Gasteiger partial charge < -0.3 is 10.8 Å². The molecular formula is C7H10BrNOS. The quantitative estimate of drug-likeness (QED) is 0.820. The Bertz CT molecular complexity index is 246.